The third-order valence-electron chi connectivity index (χ3n) is 1.53. The van der Waals surface area contributed by atoms with Gasteiger partial charge in [0.2, 0.25) is 0 Å². The van der Waals surface area contributed by atoms with E-state index >= 15 is 0 Å². The Morgan fingerprint density at radius 1 is 1.00 bits per heavy atom. The first-order valence-corrected chi connectivity index (χ1v) is 6.83. The molecule has 0 nitrogen and oxygen atoms in total. The first kappa shape index (κ1) is 10.6. The Labute approximate surface area is 86.3 Å². The summed E-state index contributed by atoms with van der Waals surface area (Å²) in [6.45, 7) is 7.09. The number of rotatable bonds is 1. The molecule has 0 radical (unpaired) electrons. The van der Waals surface area contributed by atoms with Crippen LogP contribution in [0, 0.1) is 0 Å². The normalized spacial score (nSPS) is 10.7. The molecule has 0 saturated carbocycles. The fraction of sp³-hybridized carbons (Fsp3) is 0.375. The van der Waals surface area contributed by atoms with Gasteiger partial charge >= 0.3 is 29.6 Å². The Hall–Kier alpha value is 0.567. The van der Waals surface area contributed by atoms with Crippen molar-refractivity contribution in [3.8, 4) is 0 Å². The van der Waals surface area contributed by atoms with Crippen molar-refractivity contribution in [3.05, 3.63) is 24.3 Å². The van der Waals surface area contributed by atoms with Gasteiger partial charge < -0.3 is 0 Å². The molecule has 0 atom stereocenters. The van der Waals surface area contributed by atoms with E-state index in [9.17, 15) is 0 Å². The fourth-order valence-electron chi connectivity index (χ4n) is 0.874. The second-order valence-electron chi connectivity index (χ2n) is 3.42. The molecular weight excluding hydrogens is 147 g/mol. The molecule has 0 amide bonds. The second-order valence-corrected chi connectivity index (χ2v) is 8.50. The number of hydrogen-bond acceptors (Lipinski definition) is 0. The molecule has 2 heteroatoms. The largest absolute Gasteiger partial charge is 1.00 e. The zero-order chi connectivity index (χ0) is 6.91. The molecule has 50 valence electrons. The molecule has 0 aliphatic heterocycles. The summed E-state index contributed by atoms with van der Waals surface area (Å²) in [5, 5.41) is 1.56. The Morgan fingerprint density at radius 3 is 1.60 bits per heavy atom. The molecule has 1 aromatic rings. The molecule has 1 aromatic carbocycles. The van der Waals surface area contributed by atoms with Crippen molar-refractivity contribution in [3.63, 3.8) is 0 Å². The van der Waals surface area contributed by atoms with Crippen LogP contribution in [0.4, 0.5) is 0 Å². The van der Waals surface area contributed by atoms with E-state index in [4.69, 9.17) is 0 Å². The molecule has 0 unspecified atom stereocenters. The van der Waals surface area contributed by atoms with Gasteiger partial charge in [-0.25, -0.2) is 12.1 Å². The molecule has 0 bridgehead atoms. The van der Waals surface area contributed by atoms with E-state index < -0.39 is 8.07 Å². The standard InChI is InChI=1S/C8H13Si.Na/c1-9(2,3)8-6-4-5-7-8;/h4-7H,1-3H3;/q-1;+1. The van der Waals surface area contributed by atoms with Crippen molar-refractivity contribution in [2.75, 3.05) is 0 Å². The van der Waals surface area contributed by atoms with E-state index in [-0.39, 0.29) is 29.6 Å². The van der Waals surface area contributed by atoms with Gasteiger partial charge in [0.05, 0.1) is 0 Å². The van der Waals surface area contributed by atoms with Crippen molar-refractivity contribution in [1.82, 2.24) is 0 Å². The summed E-state index contributed by atoms with van der Waals surface area (Å²) >= 11 is 0. The summed E-state index contributed by atoms with van der Waals surface area (Å²) < 4.78 is 0. The van der Waals surface area contributed by atoms with E-state index in [0.717, 1.165) is 0 Å². The van der Waals surface area contributed by atoms with Gasteiger partial charge in [0, 0.05) is 8.07 Å². The summed E-state index contributed by atoms with van der Waals surface area (Å²) in [5.41, 5.74) is 0. The molecule has 0 aromatic heterocycles. The van der Waals surface area contributed by atoms with Crippen LogP contribution in [0.15, 0.2) is 24.3 Å². The average molecular weight is 160 g/mol. The van der Waals surface area contributed by atoms with Crippen LogP contribution in [0.25, 0.3) is 0 Å². The molecule has 10 heavy (non-hydrogen) atoms. The Kier molecular flexibility index (Phi) is 4.03. The van der Waals surface area contributed by atoms with Crippen LogP contribution in [0.2, 0.25) is 19.6 Å². The van der Waals surface area contributed by atoms with E-state index in [1.54, 1.807) is 5.19 Å². The predicted octanol–water partition coefficient (Wildman–Crippen LogP) is -1.05. The van der Waals surface area contributed by atoms with Crippen molar-refractivity contribution >= 4 is 13.3 Å². The van der Waals surface area contributed by atoms with Gasteiger partial charge in [0.1, 0.15) is 0 Å². The van der Waals surface area contributed by atoms with Crippen molar-refractivity contribution in [1.29, 1.82) is 0 Å². The topological polar surface area (TPSA) is 0 Å². The van der Waals surface area contributed by atoms with Crippen LogP contribution in [0.3, 0.4) is 0 Å². The maximum absolute atomic E-state index is 2.36. The molecule has 0 N–H and O–H groups in total. The van der Waals surface area contributed by atoms with Crippen LogP contribution in [-0.4, -0.2) is 8.07 Å². The Bertz CT molecular complexity index is 172. The summed E-state index contributed by atoms with van der Waals surface area (Å²) in [7, 11) is -0.981. The van der Waals surface area contributed by atoms with Crippen molar-refractivity contribution in [2.24, 2.45) is 0 Å². The fourth-order valence-corrected chi connectivity index (χ4v) is 2.07. The van der Waals surface area contributed by atoms with Gasteiger partial charge in [0.25, 0.3) is 0 Å². The third kappa shape index (κ3) is 2.66. The first-order chi connectivity index (χ1) is 4.11. The molecule has 0 spiro atoms. The molecule has 0 heterocycles. The zero-order valence-corrected chi connectivity index (χ0v) is 10.3. The number of hydrogen-bond donors (Lipinski definition) is 0. The Morgan fingerprint density at radius 2 is 1.40 bits per heavy atom. The van der Waals surface area contributed by atoms with E-state index in [1.807, 2.05) is 0 Å². The van der Waals surface area contributed by atoms with E-state index in [2.05, 4.69) is 43.9 Å². The van der Waals surface area contributed by atoms with Gasteiger partial charge in [-0.05, 0) is 0 Å². The molecule has 0 aliphatic rings. The minimum atomic E-state index is -0.981. The van der Waals surface area contributed by atoms with Gasteiger partial charge in [-0.2, -0.15) is 17.3 Å². The quantitative estimate of drug-likeness (QED) is 0.363. The predicted molar refractivity (Wildman–Crippen MR) is 45.0 cm³/mol. The van der Waals surface area contributed by atoms with E-state index in [1.165, 1.54) is 0 Å². The van der Waals surface area contributed by atoms with Crippen molar-refractivity contribution in [2.45, 2.75) is 19.6 Å². The van der Waals surface area contributed by atoms with Crippen molar-refractivity contribution < 1.29 is 29.6 Å². The average Bonchev–Trinajstić information content (AvgIpc) is 2.08. The second kappa shape index (κ2) is 3.81. The summed E-state index contributed by atoms with van der Waals surface area (Å²) in [5.74, 6) is 0. The third-order valence-corrected chi connectivity index (χ3v) is 3.59. The molecular formula is C8H13NaSi. The van der Waals surface area contributed by atoms with Gasteiger partial charge in [0.15, 0.2) is 0 Å². The summed E-state index contributed by atoms with van der Waals surface area (Å²) in [6, 6.07) is 8.69. The molecule has 0 saturated heterocycles. The first-order valence-electron chi connectivity index (χ1n) is 3.33. The van der Waals surface area contributed by atoms with Gasteiger partial charge in [-0.1, -0.05) is 19.6 Å². The smallest absolute Gasteiger partial charge is 0.214 e. The monoisotopic (exact) mass is 160 g/mol. The van der Waals surface area contributed by atoms with E-state index in [0.29, 0.717) is 0 Å². The minimum Gasteiger partial charge on any atom is -0.214 e. The van der Waals surface area contributed by atoms with Crippen LogP contribution in [0.1, 0.15) is 0 Å². The van der Waals surface area contributed by atoms with Gasteiger partial charge in [-0.15, -0.1) is 0 Å². The summed E-state index contributed by atoms with van der Waals surface area (Å²) in [6.07, 6.45) is 0. The van der Waals surface area contributed by atoms with Crippen LogP contribution in [-0.2, 0) is 0 Å². The SMILES string of the molecule is C[Si](C)(C)[c-]1cccc1.[Na+]. The van der Waals surface area contributed by atoms with Crippen LogP contribution >= 0.6 is 0 Å². The summed E-state index contributed by atoms with van der Waals surface area (Å²) in [4.78, 5) is 0. The van der Waals surface area contributed by atoms with Crippen LogP contribution < -0.4 is 34.7 Å². The van der Waals surface area contributed by atoms with Crippen LogP contribution in [0.5, 0.6) is 0 Å². The maximum Gasteiger partial charge on any atom is 1.00 e. The minimum absolute atomic E-state index is 0. The molecule has 0 aliphatic carbocycles. The maximum atomic E-state index is 2.36. The molecule has 0 fully saturated rings. The molecule has 1 rings (SSSR count). The zero-order valence-electron chi connectivity index (χ0n) is 7.31. The van der Waals surface area contributed by atoms with Gasteiger partial charge in [-0.3, -0.25) is 0 Å². The Balaban J connectivity index is 0.000000810.